The summed E-state index contributed by atoms with van der Waals surface area (Å²) < 4.78 is 23.1. The lowest BCUT2D eigenvalue weighted by Crippen LogP contribution is -2.49. The lowest BCUT2D eigenvalue weighted by atomic mass is 10.1. The molecule has 0 aromatic heterocycles. The molecule has 1 atom stereocenters. The third kappa shape index (κ3) is 3.43. The van der Waals surface area contributed by atoms with E-state index >= 15 is 0 Å². The smallest absolute Gasteiger partial charge is 0.325 e. The molecule has 0 N–H and O–H groups in total. The van der Waals surface area contributed by atoms with E-state index in [0.717, 1.165) is 5.56 Å². The van der Waals surface area contributed by atoms with Crippen molar-refractivity contribution in [3.63, 3.8) is 0 Å². The summed E-state index contributed by atoms with van der Waals surface area (Å²) in [4.78, 5) is 13.6. The molecule has 0 radical (unpaired) electrons. The van der Waals surface area contributed by atoms with E-state index in [9.17, 15) is 9.18 Å². The fraction of sp³-hybridized carbons (Fsp3) is 0.462. The minimum Gasteiger partial charge on any atom is -0.468 e. The van der Waals surface area contributed by atoms with Crippen LogP contribution >= 0.6 is 11.6 Å². The Bertz CT molecular complexity index is 469. The second kappa shape index (κ2) is 6.32. The van der Waals surface area contributed by atoms with Crippen LogP contribution in [0.15, 0.2) is 18.2 Å². The molecule has 4 nitrogen and oxygen atoms in total. The standard InChI is InChI=1S/C13H15ClFNO3/c1-18-13(17)12-8-19-5-4-16(12)7-9-2-3-11(15)10(14)6-9/h2-3,6,12H,4-5,7-8H2,1H3. The first-order chi connectivity index (χ1) is 9.11. The molecule has 104 valence electrons. The lowest BCUT2D eigenvalue weighted by molar-refractivity contribution is -0.153. The van der Waals surface area contributed by atoms with Gasteiger partial charge in [0.2, 0.25) is 0 Å². The maximum absolute atomic E-state index is 13.1. The van der Waals surface area contributed by atoms with E-state index in [4.69, 9.17) is 21.1 Å². The zero-order chi connectivity index (χ0) is 13.8. The van der Waals surface area contributed by atoms with E-state index in [0.29, 0.717) is 26.3 Å². The number of hydrogen-bond acceptors (Lipinski definition) is 4. The van der Waals surface area contributed by atoms with Gasteiger partial charge in [0.25, 0.3) is 0 Å². The first-order valence-corrected chi connectivity index (χ1v) is 6.33. The van der Waals surface area contributed by atoms with Gasteiger partial charge in [-0.2, -0.15) is 0 Å². The molecule has 1 fully saturated rings. The highest BCUT2D eigenvalue weighted by molar-refractivity contribution is 6.30. The first kappa shape index (κ1) is 14.2. The average molecular weight is 288 g/mol. The van der Waals surface area contributed by atoms with E-state index in [1.165, 1.54) is 13.2 Å². The molecule has 1 saturated heterocycles. The van der Waals surface area contributed by atoms with Crippen LogP contribution in [0.2, 0.25) is 5.02 Å². The van der Waals surface area contributed by atoms with E-state index in [-0.39, 0.29) is 11.0 Å². The highest BCUT2D eigenvalue weighted by Crippen LogP contribution is 2.19. The van der Waals surface area contributed by atoms with Crippen LogP contribution < -0.4 is 0 Å². The number of rotatable bonds is 3. The molecule has 1 aliphatic rings. The number of esters is 1. The van der Waals surface area contributed by atoms with Gasteiger partial charge in [0.05, 0.1) is 25.3 Å². The lowest BCUT2D eigenvalue weighted by Gasteiger charge is -2.33. The van der Waals surface area contributed by atoms with Crippen LogP contribution in [0.25, 0.3) is 0 Å². The summed E-state index contributed by atoms with van der Waals surface area (Å²) in [6.07, 6.45) is 0. The third-order valence-electron chi connectivity index (χ3n) is 3.08. The Labute approximate surface area is 116 Å². The van der Waals surface area contributed by atoms with E-state index in [1.807, 2.05) is 4.90 Å². The van der Waals surface area contributed by atoms with Crippen LogP contribution in [0.4, 0.5) is 4.39 Å². The normalized spacial score (nSPS) is 20.3. The maximum Gasteiger partial charge on any atom is 0.325 e. The minimum absolute atomic E-state index is 0.0837. The third-order valence-corrected chi connectivity index (χ3v) is 3.37. The van der Waals surface area contributed by atoms with Gasteiger partial charge in [0.1, 0.15) is 11.9 Å². The summed E-state index contributed by atoms with van der Waals surface area (Å²) in [5.41, 5.74) is 0.849. The summed E-state index contributed by atoms with van der Waals surface area (Å²) in [6, 6.07) is 4.12. The molecular formula is C13H15ClFNO3. The first-order valence-electron chi connectivity index (χ1n) is 5.95. The molecule has 1 heterocycles. The Morgan fingerprint density at radius 2 is 2.42 bits per heavy atom. The predicted molar refractivity (Wildman–Crippen MR) is 68.4 cm³/mol. The second-order valence-corrected chi connectivity index (χ2v) is 4.74. The van der Waals surface area contributed by atoms with Crippen LogP contribution in [-0.4, -0.2) is 43.8 Å². The van der Waals surface area contributed by atoms with Crippen LogP contribution in [0.5, 0.6) is 0 Å². The summed E-state index contributed by atoms with van der Waals surface area (Å²) in [7, 11) is 1.35. The molecule has 1 unspecified atom stereocenters. The molecule has 2 rings (SSSR count). The Morgan fingerprint density at radius 3 is 3.11 bits per heavy atom. The van der Waals surface area contributed by atoms with Gasteiger partial charge in [-0.15, -0.1) is 0 Å². The zero-order valence-electron chi connectivity index (χ0n) is 10.6. The molecule has 0 aliphatic carbocycles. The van der Waals surface area contributed by atoms with Gasteiger partial charge >= 0.3 is 5.97 Å². The largest absolute Gasteiger partial charge is 0.468 e. The number of hydrogen-bond donors (Lipinski definition) is 0. The number of nitrogens with zero attached hydrogens (tertiary/aromatic N) is 1. The molecule has 0 bridgehead atoms. The molecule has 19 heavy (non-hydrogen) atoms. The summed E-state index contributed by atoms with van der Waals surface area (Å²) >= 11 is 5.75. The molecule has 1 aliphatic heterocycles. The van der Waals surface area contributed by atoms with Crippen molar-refractivity contribution in [3.8, 4) is 0 Å². The van der Waals surface area contributed by atoms with Gasteiger partial charge in [-0.25, -0.2) is 4.39 Å². The highest BCUT2D eigenvalue weighted by Gasteiger charge is 2.30. The number of morpholine rings is 1. The monoisotopic (exact) mass is 287 g/mol. The maximum atomic E-state index is 13.1. The summed E-state index contributed by atoms with van der Waals surface area (Å²) in [6.45, 7) is 1.99. The Hall–Kier alpha value is -1.17. The number of methoxy groups -OCH3 is 1. The van der Waals surface area contributed by atoms with Gasteiger partial charge in [-0.05, 0) is 17.7 Å². The molecule has 0 saturated carbocycles. The minimum atomic E-state index is -0.447. The molecular weight excluding hydrogens is 273 g/mol. The molecule has 1 aromatic carbocycles. The van der Waals surface area contributed by atoms with Gasteiger partial charge in [-0.3, -0.25) is 9.69 Å². The van der Waals surface area contributed by atoms with Gasteiger partial charge in [0, 0.05) is 13.1 Å². The van der Waals surface area contributed by atoms with Crippen molar-refractivity contribution in [3.05, 3.63) is 34.6 Å². The fourth-order valence-electron chi connectivity index (χ4n) is 2.05. The van der Waals surface area contributed by atoms with Crippen molar-refractivity contribution in [1.29, 1.82) is 0 Å². The van der Waals surface area contributed by atoms with Crippen molar-refractivity contribution < 1.29 is 18.7 Å². The van der Waals surface area contributed by atoms with Crippen LogP contribution in [0.1, 0.15) is 5.56 Å². The average Bonchev–Trinajstić information content (AvgIpc) is 2.43. The predicted octanol–water partition coefficient (Wildman–Crippen LogP) is 1.85. The van der Waals surface area contributed by atoms with Crippen molar-refractivity contribution in [2.45, 2.75) is 12.6 Å². The topological polar surface area (TPSA) is 38.8 Å². The van der Waals surface area contributed by atoms with Crippen LogP contribution in [0, 0.1) is 5.82 Å². The van der Waals surface area contributed by atoms with Crippen molar-refractivity contribution >= 4 is 17.6 Å². The SMILES string of the molecule is COC(=O)C1COCCN1Cc1ccc(F)c(Cl)c1. The fourth-order valence-corrected chi connectivity index (χ4v) is 2.26. The molecule has 0 spiro atoms. The van der Waals surface area contributed by atoms with E-state index in [2.05, 4.69) is 0 Å². The number of ether oxygens (including phenoxy) is 2. The van der Waals surface area contributed by atoms with Gasteiger partial charge in [0.15, 0.2) is 0 Å². The number of carbonyl (C=O) groups excluding carboxylic acids is 1. The summed E-state index contributed by atoms with van der Waals surface area (Å²) in [5.74, 6) is -0.773. The second-order valence-electron chi connectivity index (χ2n) is 4.33. The van der Waals surface area contributed by atoms with Crippen LogP contribution in [-0.2, 0) is 20.8 Å². The molecule has 1 aromatic rings. The zero-order valence-corrected chi connectivity index (χ0v) is 11.3. The highest BCUT2D eigenvalue weighted by atomic mass is 35.5. The Balaban J connectivity index is 2.10. The van der Waals surface area contributed by atoms with Gasteiger partial charge < -0.3 is 9.47 Å². The Morgan fingerprint density at radius 1 is 1.63 bits per heavy atom. The van der Waals surface area contributed by atoms with Crippen molar-refractivity contribution in [1.82, 2.24) is 4.90 Å². The number of carbonyl (C=O) groups is 1. The van der Waals surface area contributed by atoms with E-state index in [1.54, 1.807) is 12.1 Å². The quantitative estimate of drug-likeness (QED) is 0.796. The van der Waals surface area contributed by atoms with E-state index < -0.39 is 11.9 Å². The van der Waals surface area contributed by atoms with Crippen molar-refractivity contribution in [2.24, 2.45) is 0 Å². The molecule has 6 heteroatoms. The number of benzene rings is 1. The summed E-state index contributed by atoms with van der Waals surface area (Å²) in [5, 5.41) is 0.0837. The molecule has 0 amide bonds. The van der Waals surface area contributed by atoms with Gasteiger partial charge in [-0.1, -0.05) is 17.7 Å². The van der Waals surface area contributed by atoms with Crippen molar-refractivity contribution in [2.75, 3.05) is 26.9 Å². The number of halogens is 2. The Kier molecular flexibility index (Phi) is 4.74. The van der Waals surface area contributed by atoms with Crippen LogP contribution in [0.3, 0.4) is 0 Å².